The molecule has 0 aromatic carbocycles. The number of thiophene rings is 1. The van der Waals surface area contributed by atoms with Crippen LogP contribution in [0.2, 0.25) is 0 Å². The van der Waals surface area contributed by atoms with Gasteiger partial charge in [0, 0.05) is 16.2 Å². The molecular weight excluding hydrogens is 491 g/mol. The van der Waals surface area contributed by atoms with Crippen molar-refractivity contribution >= 4 is 57.0 Å². The van der Waals surface area contributed by atoms with Crippen molar-refractivity contribution in [2.75, 3.05) is 5.75 Å². The van der Waals surface area contributed by atoms with Gasteiger partial charge in [-0.05, 0) is 101 Å². The monoisotopic (exact) mass is 520 g/mol. The molecule has 0 saturated heterocycles. The number of halogens is 1. The fourth-order valence-electron chi connectivity index (χ4n) is 3.67. The van der Waals surface area contributed by atoms with Crippen LogP contribution in [0.15, 0.2) is 11.1 Å². The summed E-state index contributed by atoms with van der Waals surface area (Å²) in [5.74, 6) is 0.972. The average Bonchev–Trinajstić information content (AvgIpc) is 2.86. The largest absolute Gasteiger partial charge is 0.443 e. The highest BCUT2D eigenvalue weighted by atomic mass is 127. The van der Waals surface area contributed by atoms with Crippen LogP contribution in [0, 0.1) is 2.88 Å². The molecule has 0 N–H and O–H groups in total. The topological polar surface area (TPSA) is 41.9 Å². The van der Waals surface area contributed by atoms with Gasteiger partial charge >= 0.3 is 6.09 Å². The SMILES string of the molecule is CC(C)(C)OC(=O)N(C1=NC2(CCCc3sc(I)cc32)CCS1)C(C)(C)C. The maximum atomic E-state index is 13.0. The number of fused-ring (bicyclic) bond motifs is 2. The van der Waals surface area contributed by atoms with Gasteiger partial charge < -0.3 is 4.74 Å². The molecule has 27 heavy (non-hydrogen) atoms. The third-order valence-corrected chi connectivity index (χ3v) is 7.66. The molecule has 1 atom stereocenters. The predicted octanol–water partition coefficient (Wildman–Crippen LogP) is 6.41. The standard InChI is InChI=1S/C20H29IN2O2S2/c1-18(2,3)23(17(24)25-19(4,5)6)16-22-20(10-11-26-16)9-7-8-14-13(20)12-15(21)27-14/h12H,7-11H2,1-6H3. The summed E-state index contributed by atoms with van der Waals surface area (Å²) in [5, 5.41) is 0.803. The van der Waals surface area contributed by atoms with Crippen LogP contribution in [0.1, 0.15) is 71.2 Å². The minimum absolute atomic E-state index is 0.181. The average molecular weight is 521 g/mol. The molecule has 4 nitrogen and oxygen atoms in total. The molecule has 7 heteroatoms. The number of nitrogens with zero attached hydrogens (tertiary/aromatic N) is 2. The molecular formula is C20H29IN2O2S2. The fourth-order valence-corrected chi connectivity index (χ4v) is 7.14. The van der Waals surface area contributed by atoms with Crippen molar-refractivity contribution in [1.82, 2.24) is 4.90 Å². The van der Waals surface area contributed by atoms with E-state index >= 15 is 0 Å². The third kappa shape index (κ3) is 4.66. The maximum Gasteiger partial charge on any atom is 0.416 e. The van der Waals surface area contributed by atoms with Crippen LogP contribution in [0.25, 0.3) is 0 Å². The number of hydrogen-bond donors (Lipinski definition) is 0. The highest BCUT2D eigenvalue weighted by molar-refractivity contribution is 14.1. The molecule has 1 aromatic heterocycles. The number of carbonyl (C=O) groups is 1. The minimum Gasteiger partial charge on any atom is -0.443 e. The normalized spacial score (nSPS) is 23.0. The second-order valence-corrected chi connectivity index (χ2v) is 13.3. The van der Waals surface area contributed by atoms with Gasteiger partial charge in [0.25, 0.3) is 0 Å². The fraction of sp³-hybridized carbons (Fsp3) is 0.700. The van der Waals surface area contributed by atoms with Crippen LogP contribution < -0.4 is 0 Å². The first-order valence-electron chi connectivity index (χ1n) is 9.46. The Balaban J connectivity index is 2.02. The summed E-state index contributed by atoms with van der Waals surface area (Å²) in [7, 11) is 0. The van der Waals surface area contributed by atoms with Gasteiger partial charge in [-0.25, -0.2) is 4.79 Å². The molecule has 150 valence electrons. The summed E-state index contributed by atoms with van der Waals surface area (Å²) in [5.41, 5.74) is 0.283. The number of amidine groups is 1. The lowest BCUT2D eigenvalue weighted by Crippen LogP contribution is -2.52. The molecule has 1 aromatic rings. The Morgan fingerprint density at radius 3 is 2.59 bits per heavy atom. The Kier molecular flexibility index (Phi) is 5.97. The molecule has 1 spiro atoms. The van der Waals surface area contributed by atoms with Crippen LogP contribution in [0.3, 0.4) is 0 Å². The van der Waals surface area contributed by atoms with E-state index in [1.165, 1.54) is 13.3 Å². The second kappa shape index (κ2) is 7.52. The van der Waals surface area contributed by atoms with Gasteiger partial charge in [0.05, 0.1) is 8.42 Å². The van der Waals surface area contributed by atoms with Crippen molar-refractivity contribution in [3.8, 4) is 0 Å². The summed E-state index contributed by atoms with van der Waals surface area (Å²) >= 11 is 5.99. The first-order chi connectivity index (χ1) is 12.4. The van der Waals surface area contributed by atoms with E-state index in [0.717, 1.165) is 36.6 Å². The Labute approximate surface area is 184 Å². The lowest BCUT2D eigenvalue weighted by Gasteiger charge is -2.42. The molecule has 3 rings (SSSR count). The Morgan fingerprint density at radius 1 is 1.26 bits per heavy atom. The smallest absolute Gasteiger partial charge is 0.416 e. The molecule has 0 radical (unpaired) electrons. The molecule has 2 heterocycles. The number of carbonyl (C=O) groups excluding carboxylic acids is 1. The van der Waals surface area contributed by atoms with Gasteiger partial charge in [-0.1, -0.05) is 11.8 Å². The summed E-state index contributed by atoms with van der Waals surface area (Å²) in [6, 6.07) is 2.31. The van der Waals surface area contributed by atoms with Gasteiger partial charge in [-0.3, -0.25) is 9.89 Å². The van der Waals surface area contributed by atoms with Crippen molar-refractivity contribution in [1.29, 1.82) is 0 Å². The molecule has 1 amide bonds. The van der Waals surface area contributed by atoms with Crippen molar-refractivity contribution in [2.24, 2.45) is 4.99 Å². The summed E-state index contributed by atoms with van der Waals surface area (Å²) in [4.78, 5) is 21.5. The van der Waals surface area contributed by atoms with Crippen molar-refractivity contribution in [3.05, 3.63) is 19.4 Å². The Morgan fingerprint density at radius 2 is 1.96 bits per heavy atom. The maximum absolute atomic E-state index is 13.0. The Hall–Kier alpha value is -0.280. The van der Waals surface area contributed by atoms with E-state index in [9.17, 15) is 4.79 Å². The number of aliphatic imine (C=N–C) groups is 1. The highest BCUT2D eigenvalue weighted by Gasteiger charge is 2.43. The lowest BCUT2D eigenvalue weighted by atomic mass is 9.79. The van der Waals surface area contributed by atoms with Crippen LogP contribution in [-0.4, -0.2) is 33.1 Å². The number of aryl methyl sites for hydroxylation is 1. The first kappa shape index (κ1) is 21.4. The number of rotatable bonds is 0. The number of amides is 1. The zero-order valence-corrected chi connectivity index (χ0v) is 20.8. The van der Waals surface area contributed by atoms with E-state index in [0.29, 0.717) is 0 Å². The Bertz CT molecular complexity index is 761. The number of ether oxygens (including phenoxy) is 1. The molecule has 2 aliphatic rings. The summed E-state index contributed by atoms with van der Waals surface area (Å²) in [6.45, 7) is 11.8. The number of hydrogen-bond acceptors (Lipinski definition) is 5. The van der Waals surface area contributed by atoms with Gasteiger partial charge in [-0.15, -0.1) is 11.3 Å². The van der Waals surface area contributed by atoms with E-state index in [2.05, 4.69) is 28.7 Å². The third-order valence-electron chi connectivity index (χ3n) is 4.77. The van der Waals surface area contributed by atoms with Gasteiger partial charge in [0.15, 0.2) is 5.17 Å². The van der Waals surface area contributed by atoms with E-state index < -0.39 is 11.1 Å². The van der Waals surface area contributed by atoms with E-state index in [1.807, 2.05) is 52.9 Å². The predicted molar refractivity (Wildman–Crippen MR) is 124 cm³/mol. The summed E-state index contributed by atoms with van der Waals surface area (Å²) < 4.78 is 7.05. The molecule has 1 aliphatic carbocycles. The first-order valence-corrected chi connectivity index (χ1v) is 12.3. The van der Waals surface area contributed by atoms with Crippen molar-refractivity contribution in [3.63, 3.8) is 0 Å². The molecule has 1 aliphatic heterocycles. The summed E-state index contributed by atoms with van der Waals surface area (Å²) in [6.07, 6.45) is 4.09. The van der Waals surface area contributed by atoms with E-state index in [4.69, 9.17) is 9.73 Å². The van der Waals surface area contributed by atoms with Crippen molar-refractivity contribution < 1.29 is 9.53 Å². The zero-order valence-electron chi connectivity index (χ0n) is 17.0. The molecule has 0 fully saturated rings. The zero-order chi connectivity index (χ0) is 20.0. The van der Waals surface area contributed by atoms with E-state index in [-0.39, 0.29) is 11.6 Å². The minimum atomic E-state index is -0.528. The van der Waals surface area contributed by atoms with Crippen LogP contribution in [0.4, 0.5) is 4.79 Å². The molecule has 0 bridgehead atoms. The quantitative estimate of drug-likeness (QED) is 0.371. The van der Waals surface area contributed by atoms with Crippen LogP contribution in [0.5, 0.6) is 0 Å². The number of thioether (sulfide) groups is 1. The van der Waals surface area contributed by atoms with Crippen LogP contribution in [-0.2, 0) is 16.7 Å². The van der Waals surface area contributed by atoms with Crippen molar-refractivity contribution in [2.45, 2.75) is 83.9 Å². The van der Waals surface area contributed by atoms with Gasteiger partial charge in [-0.2, -0.15) is 0 Å². The lowest BCUT2D eigenvalue weighted by molar-refractivity contribution is 0.0254. The van der Waals surface area contributed by atoms with Crippen LogP contribution >= 0.6 is 45.7 Å². The highest BCUT2D eigenvalue weighted by Crippen LogP contribution is 2.48. The van der Waals surface area contributed by atoms with E-state index in [1.54, 1.807) is 16.7 Å². The van der Waals surface area contributed by atoms with Gasteiger partial charge in [0.1, 0.15) is 5.60 Å². The second-order valence-electron chi connectivity index (χ2n) is 9.25. The van der Waals surface area contributed by atoms with Gasteiger partial charge in [0.2, 0.25) is 0 Å². The molecule has 0 saturated carbocycles. The molecule has 1 unspecified atom stereocenters.